The number of nitrogens with zero attached hydrogens (tertiary/aromatic N) is 2. The van der Waals surface area contributed by atoms with Crippen LogP contribution in [-0.2, 0) is 0 Å². The molecule has 0 unspecified atom stereocenters. The van der Waals surface area contributed by atoms with Crippen molar-refractivity contribution in [1.29, 1.82) is 0 Å². The molecule has 0 radical (unpaired) electrons. The van der Waals surface area contributed by atoms with Gasteiger partial charge in [0.25, 0.3) is 0 Å². The fourth-order valence-corrected chi connectivity index (χ4v) is 3.96. The zero-order valence-electron chi connectivity index (χ0n) is 14.3. The van der Waals surface area contributed by atoms with Gasteiger partial charge in [0, 0.05) is 27.8 Å². The summed E-state index contributed by atoms with van der Waals surface area (Å²) in [7, 11) is 0. The average molecular weight is 322 g/mol. The summed E-state index contributed by atoms with van der Waals surface area (Å²) < 4.78 is 2.35. The maximum Gasteiger partial charge on any atom is 0.0963 e. The summed E-state index contributed by atoms with van der Waals surface area (Å²) >= 11 is 0. The Hall–Kier alpha value is -3.13. The van der Waals surface area contributed by atoms with Crippen LogP contribution in [0.15, 0.2) is 71.8 Å². The normalized spacial score (nSPS) is 15.4. The van der Waals surface area contributed by atoms with Gasteiger partial charge in [0.15, 0.2) is 0 Å². The largest absolute Gasteiger partial charge is 0.307 e. The Kier molecular flexibility index (Phi) is 2.95. The second-order valence-electron chi connectivity index (χ2n) is 6.36. The molecule has 0 fully saturated rings. The van der Waals surface area contributed by atoms with E-state index in [9.17, 15) is 0 Å². The quantitative estimate of drug-likeness (QED) is 0.510. The lowest BCUT2D eigenvalue weighted by Crippen LogP contribution is -2.06. The van der Waals surface area contributed by atoms with E-state index in [1.807, 2.05) is 0 Å². The Labute approximate surface area is 147 Å². The van der Waals surface area contributed by atoms with Gasteiger partial charge in [-0.05, 0) is 38.1 Å². The Morgan fingerprint density at radius 1 is 1.00 bits per heavy atom. The van der Waals surface area contributed by atoms with E-state index < -0.39 is 0 Å². The number of para-hydroxylation sites is 2. The Bertz CT molecular complexity index is 1150. The van der Waals surface area contributed by atoms with Crippen LogP contribution in [0.1, 0.15) is 30.7 Å². The lowest BCUT2D eigenvalue weighted by molar-refractivity contribution is 1.15. The molecule has 2 heteroatoms. The first-order valence-electron chi connectivity index (χ1n) is 8.67. The van der Waals surface area contributed by atoms with Crippen LogP contribution in [0.3, 0.4) is 0 Å². The van der Waals surface area contributed by atoms with Crippen LogP contribution in [0.5, 0.6) is 0 Å². The molecule has 1 aliphatic carbocycles. The van der Waals surface area contributed by atoms with Crippen LogP contribution in [0, 0.1) is 0 Å². The van der Waals surface area contributed by atoms with E-state index in [1.54, 1.807) is 0 Å². The van der Waals surface area contributed by atoms with Crippen LogP contribution in [0.2, 0.25) is 0 Å². The fourth-order valence-electron chi connectivity index (χ4n) is 3.96. The molecule has 25 heavy (non-hydrogen) atoms. The minimum atomic E-state index is 1.07. The molecule has 2 aromatic carbocycles. The summed E-state index contributed by atoms with van der Waals surface area (Å²) in [6.45, 7) is 4.15. The predicted molar refractivity (Wildman–Crippen MR) is 107 cm³/mol. The highest BCUT2D eigenvalue weighted by Crippen LogP contribution is 2.46. The number of rotatable bonds is 2. The summed E-state index contributed by atoms with van der Waals surface area (Å²) in [4.78, 5) is 4.96. The van der Waals surface area contributed by atoms with Crippen LogP contribution < -0.4 is 0 Å². The van der Waals surface area contributed by atoms with Crippen molar-refractivity contribution >= 4 is 39.6 Å². The number of benzene rings is 2. The molecule has 0 amide bonds. The van der Waals surface area contributed by atoms with E-state index in [1.165, 1.54) is 39.0 Å². The number of hydrogen-bond acceptors (Lipinski definition) is 1. The van der Waals surface area contributed by atoms with Crippen LogP contribution in [0.25, 0.3) is 28.2 Å². The molecule has 0 spiro atoms. The Balaban J connectivity index is 1.87. The van der Waals surface area contributed by atoms with Crippen LogP contribution in [0.4, 0.5) is 5.69 Å². The molecule has 2 heterocycles. The van der Waals surface area contributed by atoms with E-state index in [4.69, 9.17) is 4.99 Å². The third-order valence-corrected chi connectivity index (χ3v) is 5.00. The van der Waals surface area contributed by atoms with Crippen molar-refractivity contribution in [1.82, 2.24) is 4.57 Å². The molecule has 2 aliphatic rings. The van der Waals surface area contributed by atoms with Gasteiger partial charge in [0.2, 0.25) is 0 Å². The highest BCUT2D eigenvalue weighted by atomic mass is 15.0. The SMILES string of the molecule is C/C=C\C(=C/C)n1c2c(c3ccccc31)C=C1C2=Nc2ccccc21. The summed E-state index contributed by atoms with van der Waals surface area (Å²) in [6, 6.07) is 17.0. The lowest BCUT2D eigenvalue weighted by Gasteiger charge is -2.11. The molecule has 120 valence electrons. The molecule has 0 saturated heterocycles. The highest BCUT2D eigenvalue weighted by Gasteiger charge is 2.33. The van der Waals surface area contributed by atoms with Crippen molar-refractivity contribution < 1.29 is 0 Å². The summed E-state index contributed by atoms with van der Waals surface area (Å²) in [5.74, 6) is 0. The molecule has 2 nitrogen and oxygen atoms in total. The number of aliphatic imine (C=N–C) groups is 1. The molecular formula is C23H18N2. The van der Waals surface area contributed by atoms with Crippen LogP contribution >= 0.6 is 0 Å². The second kappa shape index (κ2) is 5.18. The molecule has 5 rings (SSSR count). The third kappa shape index (κ3) is 1.82. The molecule has 0 N–H and O–H groups in total. The molecule has 0 bridgehead atoms. The maximum atomic E-state index is 4.96. The van der Waals surface area contributed by atoms with Gasteiger partial charge in [-0.25, -0.2) is 4.99 Å². The van der Waals surface area contributed by atoms with E-state index in [0.29, 0.717) is 0 Å². The van der Waals surface area contributed by atoms with Gasteiger partial charge in [0.05, 0.1) is 22.6 Å². The Morgan fingerprint density at radius 3 is 2.64 bits per heavy atom. The highest BCUT2D eigenvalue weighted by molar-refractivity contribution is 6.44. The van der Waals surface area contributed by atoms with E-state index in [2.05, 4.69) is 91.2 Å². The minimum Gasteiger partial charge on any atom is -0.307 e. The van der Waals surface area contributed by atoms with E-state index in [-0.39, 0.29) is 0 Å². The summed E-state index contributed by atoms with van der Waals surface area (Å²) in [5, 5.41) is 1.28. The van der Waals surface area contributed by atoms with Crippen LogP contribution in [-0.4, -0.2) is 10.3 Å². The first-order valence-corrected chi connectivity index (χ1v) is 8.67. The van der Waals surface area contributed by atoms with Crippen molar-refractivity contribution in [3.05, 3.63) is 83.6 Å². The van der Waals surface area contributed by atoms with Gasteiger partial charge in [0.1, 0.15) is 0 Å². The molecule has 1 aromatic heterocycles. The molecule has 1 aliphatic heterocycles. The monoisotopic (exact) mass is 322 g/mol. The standard InChI is InChI=1S/C23H18N2/c1-3-9-15(4-2)25-21-13-8-6-11-17(21)19-14-18-16-10-5-7-12-20(16)24-22(18)23(19)25/h3-14H,1-2H3/b9-3-,15-4+. The molecule has 0 saturated carbocycles. The third-order valence-electron chi connectivity index (χ3n) is 5.00. The summed E-state index contributed by atoms with van der Waals surface area (Å²) in [6.07, 6.45) is 8.72. The van der Waals surface area contributed by atoms with Gasteiger partial charge in [-0.2, -0.15) is 0 Å². The van der Waals surface area contributed by atoms with Gasteiger partial charge < -0.3 is 4.57 Å². The fraction of sp³-hybridized carbons (Fsp3) is 0.0870. The lowest BCUT2D eigenvalue weighted by atomic mass is 10.0. The first kappa shape index (κ1) is 14.2. The van der Waals surface area contributed by atoms with Crippen molar-refractivity contribution in [3.63, 3.8) is 0 Å². The van der Waals surface area contributed by atoms with Crippen molar-refractivity contribution in [2.75, 3.05) is 0 Å². The topological polar surface area (TPSA) is 17.3 Å². The number of fused-ring (bicyclic) bond motifs is 7. The van der Waals surface area contributed by atoms with Gasteiger partial charge in [-0.1, -0.05) is 48.6 Å². The number of aromatic nitrogens is 1. The van der Waals surface area contributed by atoms with Crippen molar-refractivity contribution in [3.8, 4) is 0 Å². The number of hydrogen-bond donors (Lipinski definition) is 0. The second-order valence-corrected chi connectivity index (χ2v) is 6.36. The Morgan fingerprint density at radius 2 is 1.80 bits per heavy atom. The predicted octanol–water partition coefficient (Wildman–Crippen LogP) is 6.07. The molecule has 3 aromatic rings. The maximum absolute atomic E-state index is 4.96. The van der Waals surface area contributed by atoms with Gasteiger partial charge in [-0.3, -0.25) is 0 Å². The first-order chi connectivity index (χ1) is 12.3. The zero-order chi connectivity index (χ0) is 17.0. The van der Waals surface area contributed by atoms with Crippen molar-refractivity contribution in [2.24, 2.45) is 4.99 Å². The minimum absolute atomic E-state index is 1.07. The smallest absolute Gasteiger partial charge is 0.0963 e. The van der Waals surface area contributed by atoms with Gasteiger partial charge >= 0.3 is 0 Å². The molecular weight excluding hydrogens is 304 g/mol. The summed E-state index contributed by atoms with van der Waals surface area (Å²) in [5.41, 5.74) is 9.53. The zero-order valence-corrected chi connectivity index (χ0v) is 14.3. The molecule has 0 atom stereocenters. The number of allylic oxidation sites excluding steroid dienone is 5. The van der Waals surface area contributed by atoms with E-state index in [0.717, 1.165) is 11.4 Å². The van der Waals surface area contributed by atoms with Gasteiger partial charge in [-0.15, -0.1) is 0 Å². The van der Waals surface area contributed by atoms with Crippen molar-refractivity contribution in [2.45, 2.75) is 13.8 Å². The van der Waals surface area contributed by atoms with E-state index >= 15 is 0 Å². The average Bonchev–Trinajstić information content (AvgIpc) is 3.27.